The molecule has 0 aliphatic carbocycles. The number of halogens is 1. The van der Waals surface area contributed by atoms with Crippen LogP contribution < -0.4 is 4.74 Å². The molecule has 0 unspecified atom stereocenters. The van der Waals surface area contributed by atoms with E-state index >= 15 is 0 Å². The van der Waals surface area contributed by atoms with Crippen LogP contribution in [0.15, 0.2) is 48.5 Å². The van der Waals surface area contributed by atoms with Crippen LogP contribution in [0, 0.1) is 0 Å². The molecule has 2 aromatic carbocycles. The zero-order chi connectivity index (χ0) is 14.2. The summed E-state index contributed by atoms with van der Waals surface area (Å²) >= 11 is 5.78. The fraction of sp³-hybridized carbons (Fsp3) is 0.333. The van der Waals surface area contributed by atoms with Crippen molar-refractivity contribution >= 4 is 11.6 Å². The van der Waals surface area contributed by atoms with Gasteiger partial charge in [-0.1, -0.05) is 49.7 Å². The number of rotatable bonds is 7. The Hall–Kier alpha value is -1.47. The third-order valence-electron chi connectivity index (χ3n) is 3.39. The van der Waals surface area contributed by atoms with E-state index in [2.05, 4.69) is 31.2 Å². The number of unbranched alkanes of at least 4 members (excludes halogenated alkanes) is 1. The average molecular weight is 289 g/mol. The van der Waals surface area contributed by atoms with Crippen LogP contribution in [0.2, 0.25) is 0 Å². The first kappa shape index (κ1) is 14.9. The molecule has 0 radical (unpaired) electrons. The van der Waals surface area contributed by atoms with Crippen LogP contribution in [0.4, 0.5) is 0 Å². The fourth-order valence-electron chi connectivity index (χ4n) is 2.15. The molecule has 0 saturated heterocycles. The first-order valence-electron chi connectivity index (χ1n) is 7.18. The van der Waals surface area contributed by atoms with Gasteiger partial charge in [-0.05, 0) is 41.7 Å². The topological polar surface area (TPSA) is 9.23 Å². The summed E-state index contributed by atoms with van der Waals surface area (Å²) in [6.07, 6.45) is 3.57. The van der Waals surface area contributed by atoms with Crippen LogP contribution in [0.25, 0.3) is 0 Å². The van der Waals surface area contributed by atoms with Crippen LogP contribution in [0.3, 0.4) is 0 Å². The van der Waals surface area contributed by atoms with Crippen molar-refractivity contribution in [3.8, 4) is 5.75 Å². The molecule has 0 amide bonds. The van der Waals surface area contributed by atoms with Gasteiger partial charge in [-0.3, -0.25) is 0 Å². The van der Waals surface area contributed by atoms with Crippen LogP contribution in [0.5, 0.6) is 5.75 Å². The highest BCUT2D eigenvalue weighted by Gasteiger charge is 2.02. The molecule has 0 N–H and O–H groups in total. The Kier molecular flexibility index (Phi) is 5.94. The summed E-state index contributed by atoms with van der Waals surface area (Å²) in [6.45, 7) is 2.84. The van der Waals surface area contributed by atoms with Crippen LogP contribution in [-0.2, 0) is 18.9 Å². The highest BCUT2D eigenvalue weighted by Crippen LogP contribution is 2.18. The molecule has 0 saturated carbocycles. The summed E-state index contributed by atoms with van der Waals surface area (Å²) in [5.74, 6) is 1.43. The lowest BCUT2D eigenvalue weighted by atomic mass is 10.0. The largest absolute Gasteiger partial charge is 0.489 e. The monoisotopic (exact) mass is 288 g/mol. The zero-order valence-corrected chi connectivity index (χ0v) is 12.7. The van der Waals surface area contributed by atoms with E-state index in [-0.39, 0.29) is 0 Å². The lowest BCUT2D eigenvalue weighted by Crippen LogP contribution is -2.00. The summed E-state index contributed by atoms with van der Waals surface area (Å²) in [5, 5.41) is 0. The van der Waals surface area contributed by atoms with Gasteiger partial charge in [-0.25, -0.2) is 0 Å². The number of alkyl halides is 1. The summed E-state index contributed by atoms with van der Waals surface area (Å²) in [5.41, 5.74) is 3.79. The van der Waals surface area contributed by atoms with Gasteiger partial charge in [-0.15, -0.1) is 11.6 Å². The van der Waals surface area contributed by atoms with E-state index in [0.29, 0.717) is 12.5 Å². The van der Waals surface area contributed by atoms with Crippen molar-refractivity contribution in [2.75, 3.05) is 0 Å². The zero-order valence-electron chi connectivity index (χ0n) is 11.9. The molecular formula is C18H21ClO. The Balaban J connectivity index is 1.98. The van der Waals surface area contributed by atoms with Crippen molar-refractivity contribution in [2.45, 2.75) is 38.7 Å². The normalized spacial score (nSPS) is 10.5. The second kappa shape index (κ2) is 7.96. The quantitative estimate of drug-likeness (QED) is 0.624. The smallest absolute Gasteiger partial charge is 0.119 e. The maximum atomic E-state index is 5.87. The van der Waals surface area contributed by atoms with Crippen LogP contribution in [0.1, 0.15) is 36.5 Å². The minimum Gasteiger partial charge on any atom is -0.489 e. The van der Waals surface area contributed by atoms with Crippen LogP contribution in [-0.4, -0.2) is 0 Å². The molecule has 0 aliphatic heterocycles. The highest BCUT2D eigenvalue weighted by molar-refractivity contribution is 6.17. The SMILES string of the molecule is CCCCc1ccccc1COc1ccc(CCl)cc1. The Bertz CT molecular complexity index is 519. The first-order chi connectivity index (χ1) is 9.83. The Morgan fingerprint density at radius 1 is 0.950 bits per heavy atom. The van der Waals surface area contributed by atoms with Crippen molar-refractivity contribution in [1.82, 2.24) is 0 Å². The van der Waals surface area contributed by atoms with Gasteiger partial charge in [0, 0.05) is 5.88 Å². The maximum absolute atomic E-state index is 5.87. The third-order valence-corrected chi connectivity index (χ3v) is 3.70. The number of aryl methyl sites for hydroxylation is 1. The first-order valence-corrected chi connectivity index (χ1v) is 7.71. The second-order valence-corrected chi connectivity index (χ2v) is 5.21. The van der Waals surface area contributed by atoms with Gasteiger partial charge >= 0.3 is 0 Å². The molecule has 0 aromatic heterocycles. The van der Waals surface area contributed by atoms with E-state index in [1.165, 1.54) is 24.0 Å². The van der Waals surface area contributed by atoms with Crippen molar-refractivity contribution in [2.24, 2.45) is 0 Å². The third kappa shape index (κ3) is 4.28. The maximum Gasteiger partial charge on any atom is 0.119 e. The molecule has 0 spiro atoms. The summed E-state index contributed by atoms with van der Waals surface area (Å²) < 4.78 is 5.87. The number of hydrogen-bond donors (Lipinski definition) is 0. The number of hydrogen-bond acceptors (Lipinski definition) is 1. The molecular weight excluding hydrogens is 268 g/mol. The van der Waals surface area contributed by atoms with Gasteiger partial charge in [0.2, 0.25) is 0 Å². The molecule has 1 nitrogen and oxygen atoms in total. The predicted molar refractivity (Wildman–Crippen MR) is 85.4 cm³/mol. The lowest BCUT2D eigenvalue weighted by molar-refractivity contribution is 0.305. The molecule has 0 atom stereocenters. The minimum atomic E-state index is 0.542. The predicted octanol–water partition coefficient (Wildman–Crippen LogP) is 5.35. The standard InChI is InChI=1S/C18H21ClO/c1-2-3-6-16-7-4-5-8-17(16)14-20-18-11-9-15(13-19)10-12-18/h4-5,7-12H,2-3,6,13-14H2,1H3. The summed E-state index contributed by atoms with van der Waals surface area (Å²) in [7, 11) is 0. The van der Waals surface area contributed by atoms with Gasteiger partial charge in [-0.2, -0.15) is 0 Å². The minimum absolute atomic E-state index is 0.542. The molecule has 0 aliphatic rings. The van der Waals surface area contributed by atoms with Crippen LogP contribution >= 0.6 is 11.6 Å². The average Bonchev–Trinajstić information content (AvgIpc) is 2.52. The van der Waals surface area contributed by atoms with E-state index in [9.17, 15) is 0 Å². The van der Waals surface area contributed by atoms with Gasteiger partial charge in [0.25, 0.3) is 0 Å². The molecule has 0 bridgehead atoms. The van der Waals surface area contributed by atoms with Gasteiger partial charge in [0.15, 0.2) is 0 Å². The second-order valence-electron chi connectivity index (χ2n) is 4.94. The molecule has 0 fully saturated rings. The van der Waals surface area contributed by atoms with Crippen molar-refractivity contribution in [1.29, 1.82) is 0 Å². The lowest BCUT2D eigenvalue weighted by Gasteiger charge is -2.11. The number of benzene rings is 2. The Morgan fingerprint density at radius 3 is 2.30 bits per heavy atom. The van der Waals surface area contributed by atoms with E-state index in [0.717, 1.165) is 17.7 Å². The van der Waals surface area contributed by atoms with E-state index < -0.39 is 0 Å². The molecule has 0 heterocycles. The Morgan fingerprint density at radius 2 is 1.65 bits per heavy atom. The van der Waals surface area contributed by atoms with E-state index in [4.69, 9.17) is 16.3 Å². The van der Waals surface area contributed by atoms with Gasteiger partial charge in [0.1, 0.15) is 12.4 Å². The van der Waals surface area contributed by atoms with Gasteiger partial charge in [0.05, 0.1) is 0 Å². The van der Waals surface area contributed by atoms with E-state index in [1.807, 2.05) is 24.3 Å². The molecule has 2 aromatic rings. The highest BCUT2D eigenvalue weighted by atomic mass is 35.5. The van der Waals surface area contributed by atoms with Crippen molar-refractivity contribution < 1.29 is 4.74 Å². The molecule has 2 heteroatoms. The molecule has 106 valence electrons. The van der Waals surface area contributed by atoms with Crippen molar-refractivity contribution in [3.05, 3.63) is 65.2 Å². The van der Waals surface area contributed by atoms with Crippen molar-refractivity contribution in [3.63, 3.8) is 0 Å². The number of ether oxygens (including phenoxy) is 1. The van der Waals surface area contributed by atoms with Gasteiger partial charge < -0.3 is 4.74 Å². The van der Waals surface area contributed by atoms with E-state index in [1.54, 1.807) is 0 Å². The molecule has 2 rings (SSSR count). The summed E-state index contributed by atoms with van der Waals surface area (Å²) in [4.78, 5) is 0. The fourth-order valence-corrected chi connectivity index (χ4v) is 2.32. The molecule has 20 heavy (non-hydrogen) atoms. The summed E-state index contributed by atoms with van der Waals surface area (Å²) in [6, 6.07) is 16.5. The Labute approximate surface area is 126 Å².